The van der Waals surface area contributed by atoms with Gasteiger partial charge in [-0.25, -0.2) is 13.1 Å². The molecule has 1 heterocycles. The average Bonchev–Trinajstić information content (AvgIpc) is 2.99. The highest BCUT2D eigenvalue weighted by molar-refractivity contribution is 7.89. The summed E-state index contributed by atoms with van der Waals surface area (Å²) in [4.78, 5) is 0. The minimum Gasteiger partial charge on any atom is -0.346 e. The molecule has 0 aliphatic rings. The molecule has 0 bridgehead atoms. The second kappa shape index (κ2) is 7.64. The van der Waals surface area contributed by atoms with Crippen molar-refractivity contribution in [2.45, 2.75) is 19.4 Å². The third kappa shape index (κ3) is 4.46. The molecule has 3 aromatic rings. The summed E-state index contributed by atoms with van der Waals surface area (Å²) in [6, 6.07) is 20.1. The predicted molar refractivity (Wildman–Crippen MR) is 98.5 cm³/mol. The van der Waals surface area contributed by atoms with E-state index in [9.17, 15) is 8.42 Å². The van der Waals surface area contributed by atoms with Crippen molar-refractivity contribution in [2.75, 3.05) is 12.3 Å². The van der Waals surface area contributed by atoms with Crippen LogP contribution in [0, 0.1) is 0 Å². The fraction of sp³-hybridized carbons (Fsp3) is 0.263. The van der Waals surface area contributed by atoms with Crippen LogP contribution in [-0.4, -0.2) is 25.3 Å². The van der Waals surface area contributed by atoms with Crippen LogP contribution in [0.3, 0.4) is 0 Å². The normalized spacial score (nSPS) is 11.8. The van der Waals surface area contributed by atoms with Crippen LogP contribution in [0.15, 0.2) is 66.9 Å². The Morgan fingerprint density at radius 3 is 2.50 bits per heavy atom. The molecule has 5 heteroatoms. The van der Waals surface area contributed by atoms with Crippen LogP contribution >= 0.6 is 0 Å². The highest BCUT2D eigenvalue weighted by atomic mass is 32.2. The number of hydrogen-bond acceptors (Lipinski definition) is 2. The van der Waals surface area contributed by atoms with Gasteiger partial charge in [-0.1, -0.05) is 48.5 Å². The zero-order valence-corrected chi connectivity index (χ0v) is 14.4. The Balaban J connectivity index is 1.46. The maximum atomic E-state index is 12.1. The van der Waals surface area contributed by atoms with Crippen molar-refractivity contribution in [3.63, 3.8) is 0 Å². The van der Waals surface area contributed by atoms with Crippen molar-refractivity contribution < 1.29 is 8.42 Å². The van der Waals surface area contributed by atoms with Crippen LogP contribution < -0.4 is 4.72 Å². The van der Waals surface area contributed by atoms with Crippen molar-refractivity contribution in [2.24, 2.45) is 0 Å². The number of aryl methyl sites for hydroxylation is 1. The molecule has 2 aromatic carbocycles. The molecule has 0 aliphatic carbocycles. The van der Waals surface area contributed by atoms with Crippen LogP contribution in [0.25, 0.3) is 10.9 Å². The molecular weight excluding hydrogens is 320 g/mol. The predicted octanol–water partition coefficient (Wildman–Crippen LogP) is 3.19. The smallest absolute Gasteiger partial charge is 0.211 e. The third-order valence-corrected chi connectivity index (χ3v) is 5.55. The van der Waals surface area contributed by atoms with Crippen molar-refractivity contribution in [3.8, 4) is 0 Å². The average molecular weight is 342 g/mol. The molecule has 0 fully saturated rings. The number of rotatable bonds is 8. The van der Waals surface area contributed by atoms with Gasteiger partial charge in [0.25, 0.3) is 0 Å². The molecule has 0 spiro atoms. The lowest BCUT2D eigenvalue weighted by Gasteiger charge is -2.08. The van der Waals surface area contributed by atoms with Crippen LogP contribution in [-0.2, 0) is 23.0 Å². The molecule has 0 amide bonds. The topological polar surface area (TPSA) is 51.1 Å². The van der Waals surface area contributed by atoms with E-state index in [-0.39, 0.29) is 5.75 Å². The summed E-state index contributed by atoms with van der Waals surface area (Å²) in [5.74, 6) is 0.161. The van der Waals surface area contributed by atoms with Gasteiger partial charge in [0.15, 0.2) is 0 Å². The first-order chi connectivity index (χ1) is 11.6. The largest absolute Gasteiger partial charge is 0.346 e. The first-order valence-corrected chi connectivity index (χ1v) is 9.84. The van der Waals surface area contributed by atoms with Gasteiger partial charge < -0.3 is 4.57 Å². The zero-order chi connectivity index (χ0) is 16.8. The minimum atomic E-state index is -3.22. The van der Waals surface area contributed by atoms with Gasteiger partial charge in [-0.05, 0) is 35.9 Å². The number of fused-ring (bicyclic) bond motifs is 1. The molecule has 24 heavy (non-hydrogen) atoms. The van der Waals surface area contributed by atoms with E-state index in [1.807, 2.05) is 60.8 Å². The Kier molecular flexibility index (Phi) is 5.33. The SMILES string of the molecule is O=S(=O)(CCCc1ccccc1)NCCn1ccc2ccccc21. The highest BCUT2D eigenvalue weighted by Gasteiger charge is 2.09. The summed E-state index contributed by atoms with van der Waals surface area (Å²) in [7, 11) is -3.22. The fourth-order valence-electron chi connectivity index (χ4n) is 2.84. The number of para-hydroxylation sites is 1. The van der Waals surface area contributed by atoms with Crippen LogP contribution in [0.4, 0.5) is 0 Å². The van der Waals surface area contributed by atoms with Crippen molar-refractivity contribution in [3.05, 3.63) is 72.4 Å². The number of aromatic nitrogens is 1. The van der Waals surface area contributed by atoms with E-state index in [4.69, 9.17) is 0 Å². The van der Waals surface area contributed by atoms with Gasteiger partial charge in [0.2, 0.25) is 10.0 Å². The Morgan fingerprint density at radius 1 is 0.917 bits per heavy atom. The minimum absolute atomic E-state index is 0.161. The van der Waals surface area contributed by atoms with E-state index in [1.54, 1.807) is 0 Å². The maximum Gasteiger partial charge on any atom is 0.211 e. The summed E-state index contributed by atoms with van der Waals surface area (Å²) in [6.45, 7) is 1.04. The van der Waals surface area contributed by atoms with E-state index in [0.717, 1.165) is 11.9 Å². The second-order valence-corrected chi connectivity index (χ2v) is 7.80. The van der Waals surface area contributed by atoms with E-state index in [0.29, 0.717) is 19.5 Å². The summed E-state index contributed by atoms with van der Waals surface area (Å²) < 4.78 is 29.0. The van der Waals surface area contributed by atoms with Gasteiger partial charge in [-0.3, -0.25) is 0 Å². The molecule has 1 aromatic heterocycles. The fourth-order valence-corrected chi connectivity index (χ4v) is 3.91. The quantitative estimate of drug-likeness (QED) is 0.683. The Hall–Kier alpha value is -2.11. The summed E-state index contributed by atoms with van der Waals surface area (Å²) in [5, 5.41) is 1.17. The van der Waals surface area contributed by atoms with Crippen LogP contribution in [0.5, 0.6) is 0 Å². The number of benzene rings is 2. The maximum absolute atomic E-state index is 12.1. The molecule has 0 atom stereocenters. The van der Waals surface area contributed by atoms with Crippen molar-refractivity contribution in [1.29, 1.82) is 0 Å². The van der Waals surface area contributed by atoms with E-state index in [2.05, 4.69) is 15.4 Å². The molecule has 4 nitrogen and oxygen atoms in total. The van der Waals surface area contributed by atoms with Gasteiger partial charge in [0.05, 0.1) is 5.75 Å². The van der Waals surface area contributed by atoms with Gasteiger partial charge in [-0.15, -0.1) is 0 Å². The van der Waals surface area contributed by atoms with Crippen LogP contribution in [0.1, 0.15) is 12.0 Å². The monoisotopic (exact) mass is 342 g/mol. The van der Waals surface area contributed by atoms with Gasteiger partial charge in [0.1, 0.15) is 0 Å². The summed E-state index contributed by atoms with van der Waals surface area (Å²) in [5.41, 5.74) is 2.30. The van der Waals surface area contributed by atoms with E-state index < -0.39 is 10.0 Å². The first kappa shape index (κ1) is 16.7. The molecule has 1 N–H and O–H groups in total. The standard InChI is InChI=1S/C19H22N2O2S/c22-24(23,16-6-9-17-7-2-1-3-8-17)20-13-15-21-14-12-18-10-4-5-11-19(18)21/h1-5,7-8,10-12,14,20H,6,9,13,15-16H2. The molecule has 0 saturated carbocycles. The van der Waals surface area contributed by atoms with Crippen molar-refractivity contribution >= 4 is 20.9 Å². The lowest BCUT2D eigenvalue weighted by atomic mass is 10.1. The van der Waals surface area contributed by atoms with Crippen LogP contribution in [0.2, 0.25) is 0 Å². The molecular formula is C19H22N2O2S. The van der Waals surface area contributed by atoms with E-state index in [1.165, 1.54) is 10.9 Å². The lowest BCUT2D eigenvalue weighted by Crippen LogP contribution is -2.29. The summed E-state index contributed by atoms with van der Waals surface area (Å²) >= 11 is 0. The molecule has 0 saturated heterocycles. The third-order valence-electron chi connectivity index (χ3n) is 4.08. The number of nitrogens with one attached hydrogen (secondary N) is 1. The number of hydrogen-bond donors (Lipinski definition) is 1. The molecule has 0 aliphatic heterocycles. The molecule has 126 valence electrons. The van der Waals surface area contributed by atoms with E-state index >= 15 is 0 Å². The molecule has 3 rings (SSSR count). The number of nitrogens with zero attached hydrogens (tertiary/aromatic N) is 1. The van der Waals surface area contributed by atoms with Gasteiger partial charge >= 0.3 is 0 Å². The van der Waals surface area contributed by atoms with Crippen molar-refractivity contribution in [1.82, 2.24) is 9.29 Å². The molecule has 0 radical (unpaired) electrons. The lowest BCUT2D eigenvalue weighted by molar-refractivity contribution is 0.572. The number of sulfonamides is 1. The first-order valence-electron chi connectivity index (χ1n) is 8.19. The highest BCUT2D eigenvalue weighted by Crippen LogP contribution is 2.14. The Morgan fingerprint density at radius 2 is 1.67 bits per heavy atom. The molecule has 0 unspecified atom stereocenters. The Bertz CT molecular complexity index is 886. The van der Waals surface area contributed by atoms with Gasteiger partial charge in [-0.2, -0.15) is 0 Å². The Labute approximate surface area is 143 Å². The van der Waals surface area contributed by atoms with Gasteiger partial charge in [0, 0.05) is 24.8 Å². The second-order valence-electron chi connectivity index (χ2n) is 5.87. The zero-order valence-electron chi connectivity index (χ0n) is 13.6. The summed E-state index contributed by atoms with van der Waals surface area (Å²) in [6.07, 6.45) is 3.41.